The molecule has 3 heterocycles. The third kappa shape index (κ3) is 3.67. The number of thiazole rings is 1. The maximum Gasteiger partial charge on any atom is 0.252 e. The largest absolute Gasteiger partial charge is 0.379 e. The molecule has 2 atom stereocenters. The van der Waals surface area contributed by atoms with Crippen LogP contribution in [0.4, 0.5) is 5.69 Å². The number of primary amides is 1. The van der Waals surface area contributed by atoms with E-state index in [1.54, 1.807) is 22.0 Å². The van der Waals surface area contributed by atoms with Gasteiger partial charge in [-0.1, -0.05) is 38.1 Å². The van der Waals surface area contributed by atoms with Gasteiger partial charge in [-0.15, -0.1) is 11.3 Å². The van der Waals surface area contributed by atoms with Gasteiger partial charge in [-0.2, -0.15) is 5.10 Å². The SMILES string of the molecule is Cc1nc(-c2ccc(-c3cc4c(N[C@@H]5CC[C@](C)(N)C5(C)C)c(C(N)=O)cnn4c3)cc2)cs1. The quantitative estimate of drug-likeness (QED) is 0.383. The lowest BCUT2D eigenvalue weighted by Crippen LogP contribution is -2.51. The molecule has 5 N–H and O–H groups in total. The maximum atomic E-state index is 12.3. The van der Waals surface area contributed by atoms with Crippen LogP contribution in [-0.2, 0) is 0 Å². The van der Waals surface area contributed by atoms with Gasteiger partial charge in [0.2, 0.25) is 0 Å². The topological polar surface area (TPSA) is 111 Å². The van der Waals surface area contributed by atoms with Crippen LogP contribution in [0, 0.1) is 12.3 Å². The van der Waals surface area contributed by atoms with Crippen molar-refractivity contribution in [2.24, 2.45) is 16.9 Å². The average molecular weight is 475 g/mol. The molecule has 176 valence electrons. The molecule has 0 aliphatic heterocycles. The molecule has 3 aromatic heterocycles. The molecule has 1 aliphatic carbocycles. The van der Waals surface area contributed by atoms with Crippen molar-refractivity contribution in [1.82, 2.24) is 14.6 Å². The van der Waals surface area contributed by atoms with Gasteiger partial charge in [-0.25, -0.2) is 9.50 Å². The summed E-state index contributed by atoms with van der Waals surface area (Å²) in [7, 11) is 0. The summed E-state index contributed by atoms with van der Waals surface area (Å²) in [6.07, 6.45) is 5.33. The highest BCUT2D eigenvalue weighted by atomic mass is 32.1. The fourth-order valence-electron chi connectivity index (χ4n) is 4.83. The number of hydrogen-bond acceptors (Lipinski definition) is 6. The lowest BCUT2D eigenvalue weighted by Gasteiger charge is -2.39. The third-order valence-electron chi connectivity index (χ3n) is 7.65. The predicted molar refractivity (Wildman–Crippen MR) is 138 cm³/mol. The number of rotatable bonds is 5. The van der Waals surface area contributed by atoms with Crippen LogP contribution in [0.5, 0.6) is 0 Å². The number of fused-ring (bicyclic) bond motifs is 1. The Kier molecular flexibility index (Phi) is 5.26. The molecular formula is C26H30N6OS. The maximum absolute atomic E-state index is 12.3. The monoisotopic (exact) mass is 474 g/mol. The summed E-state index contributed by atoms with van der Waals surface area (Å²) >= 11 is 1.65. The molecule has 0 unspecified atom stereocenters. The Bertz CT molecular complexity index is 1380. The van der Waals surface area contributed by atoms with Gasteiger partial charge in [0.25, 0.3) is 5.91 Å². The van der Waals surface area contributed by atoms with Gasteiger partial charge in [-0.05, 0) is 38.3 Å². The van der Waals surface area contributed by atoms with Gasteiger partial charge in [0.15, 0.2) is 0 Å². The van der Waals surface area contributed by atoms with Crippen molar-refractivity contribution in [2.75, 3.05) is 5.32 Å². The second kappa shape index (κ2) is 7.92. The number of anilines is 1. The van der Waals surface area contributed by atoms with Crippen LogP contribution in [-0.4, -0.2) is 32.1 Å². The van der Waals surface area contributed by atoms with Crippen LogP contribution in [0.3, 0.4) is 0 Å². The van der Waals surface area contributed by atoms with E-state index in [1.165, 1.54) is 0 Å². The van der Waals surface area contributed by atoms with E-state index in [0.717, 1.165) is 45.8 Å². The van der Waals surface area contributed by atoms with Crippen LogP contribution in [0.15, 0.2) is 48.1 Å². The van der Waals surface area contributed by atoms with E-state index in [9.17, 15) is 4.79 Å². The van der Waals surface area contributed by atoms with Crippen molar-refractivity contribution in [3.8, 4) is 22.4 Å². The number of carbonyl (C=O) groups is 1. The third-order valence-corrected chi connectivity index (χ3v) is 8.42. The molecule has 7 nitrogen and oxygen atoms in total. The molecule has 1 saturated carbocycles. The smallest absolute Gasteiger partial charge is 0.252 e. The van der Waals surface area contributed by atoms with E-state index in [4.69, 9.17) is 11.5 Å². The molecule has 0 spiro atoms. The van der Waals surface area contributed by atoms with Gasteiger partial charge in [0.1, 0.15) is 0 Å². The first-order valence-corrected chi connectivity index (χ1v) is 12.3. The molecule has 4 aromatic rings. The Balaban J connectivity index is 1.54. The molecule has 1 aromatic carbocycles. The summed E-state index contributed by atoms with van der Waals surface area (Å²) in [5, 5.41) is 11.2. The molecule has 34 heavy (non-hydrogen) atoms. The molecule has 5 rings (SSSR count). The van der Waals surface area contributed by atoms with Crippen LogP contribution in [0.25, 0.3) is 27.9 Å². The Labute approximate surface area is 203 Å². The van der Waals surface area contributed by atoms with Gasteiger partial charge in [0, 0.05) is 39.7 Å². The average Bonchev–Trinajstić information content (AvgIpc) is 3.47. The summed E-state index contributed by atoms with van der Waals surface area (Å²) in [5.74, 6) is -0.505. The summed E-state index contributed by atoms with van der Waals surface area (Å²) in [5.41, 5.74) is 17.9. The Morgan fingerprint density at radius 1 is 1.18 bits per heavy atom. The molecular weight excluding hydrogens is 444 g/mol. The number of aryl methyl sites for hydroxylation is 1. The molecule has 0 bridgehead atoms. The van der Waals surface area contributed by atoms with E-state index in [2.05, 4.69) is 65.8 Å². The number of nitrogens with two attached hydrogens (primary N) is 2. The van der Waals surface area contributed by atoms with E-state index in [1.807, 2.05) is 19.2 Å². The van der Waals surface area contributed by atoms with E-state index in [-0.39, 0.29) is 17.0 Å². The molecule has 1 fully saturated rings. The summed E-state index contributed by atoms with van der Waals surface area (Å²) in [6.45, 7) is 8.45. The zero-order chi connectivity index (χ0) is 24.3. The molecule has 1 amide bonds. The van der Waals surface area contributed by atoms with Crippen LogP contribution in [0.1, 0.15) is 49.0 Å². The van der Waals surface area contributed by atoms with Crippen molar-refractivity contribution in [2.45, 2.75) is 52.1 Å². The molecule has 1 aliphatic rings. The number of nitrogens with one attached hydrogen (secondary N) is 1. The summed E-state index contributed by atoms with van der Waals surface area (Å²) in [4.78, 5) is 16.9. The molecule has 0 saturated heterocycles. The van der Waals surface area contributed by atoms with E-state index < -0.39 is 5.91 Å². The first-order valence-electron chi connectivity index (χ1n) is 11.5. The standard InChI is InChI=1S/C26H30N6OS/c1-15-30-20(14-34-15)17-7-5-16(6-8-17)18-11-21-23(19(24(27)33)12-29-32(21)13-18)31-22-9-10-26(4,28)25(22,2)3/h5-8,11-14,22,31H,9-10,28H2,1-4H3,(H2,27,33)/t22-,26+/m1/s1. The van der Waals surface area contributed by atoms with Crippen molar-refractivity contribution < 1.29 is 4.79 Å². The van der Waals surface area contributed by atoms with Crippen molar-refractivity contribution in [1.29, 1.82) is 0 Å². The number of carbonyl (C=O) groups excluding carboxylic acids is 1. The van der Waals surface area contributed by atoms with Gasteiger partial charge >= 0.3 is 0 Å². The van der Waals surface area contributed by atoms with Gasteiger partial charge in [0.05, 0.1) is 33.7 Å². The number of amides is 1. The first-order chi connectivity index (χ1) is 16.1. The zero-order valence-electron chi connectivity index (χ0n) is 19.9. The van der Waals surface area contributed by atoms with Crippen molar-refractivity contribution >= 4 is 28.4 Å². The number of hydrogen-bond donors (Lipinski definition) is 3. The van der Waals surface area contributed by atoms with Crippen molar-refractivity contribution in [3.63, 3.8) is 0 Å². The van der Waals surface area contributed by atoms with Crippen LogP contribution in [0.2, 0.25) is 0 Å². The molecule has 8 heteroatoms. The molecule has 0 radical (unpaired) electrons. The Morgan fingerprint density at radius 3 is 2.47 bits per heavy atom. The summed E-state index contributed by atoms with van der Waals surface area (Å²) < 4.78 is 1.80. The van der Waals surface area contributed by atoms with Gasteiger partial charge in [-0.3, -0.25) is 4.79 Å². The fraction of sp³-hybridized carbons (Fsp3) is 0.346. The minimum absolute atomic E-state index is 0.103. The highest BCUT2D eigenvalue weighted by Crippen LogP contribution is 2.46. The second-order valence-electron chi connectivity index (χ2n) is 10.1. The summed E-state index contributed by atoms with van der Waals surface area (Å²) in [6, 6.07) is 10.5. The minimum Gasteiger partial charge on any atom is -0.379 e. The lowest BCUT2D eigenvalue weighted by atomic mass is 9.75. The Morgan fingerprint density at radius 2 is 1.88 bits per heavy atom. The van der Waals surface area contributed by atoms with Crippen LogP contribution < -0.4 is 16.8 Å². The zero-order valence-corrected chi connectivity index (χ0v) is 20.7. The number of aromatic nitrogens is 3. The number of nitrogens with zero attached hydrogens (tertiary/aromatic N) is 3. The Hall–Kier alpha value is -3.23. The normalized spacial score (nSPS) is 21.7. The van der Waals surface area contributed by atoms with Gasteiger partial charge < -0.3 is 16.8 Å². The highest BCUT2D eigenvalue weighted by Gasteiger charge is 2.49. The fourth-order valence-corrected chi connectivity index (χ4v) is 5.46. The van der Waals surface area contributed by atoms with Crippen LogP contribution >= 0.6 is 11.3 Å². The highest BCUT2D eigenvalue weighted by molar-refractivity contribution is 7.09. The predicted octanol–water partition coefficient (Wildman–Crippen LogP) is 4.85. The van der Waals surface area contributed by atoms with Crippen molar-refractivity contribution in [3.05, 3.63) is 58.7 Å². The lowest BCUT2D eigenvalue weighted by molar-refractivity contribution is 0.100. The minimum atomic E-state index is -0.505. The second-order valence-corrected chi connectivity index (χ2v) is 11.1. The number of benzene rings is 1. The van der Waals surface area contributed by atoms with E-state index in [0.29, 0.717) is 11.3 Å². The first kappa shape index (κ1) is 22.6. The van der Waals surface area contributed by atoms with E-state index >= 15 is 0 Å².